The van der Waals surface area contributed by atoms with E-state index in [0.29, 0.717) is 30.8 Å². The van der Waals surface area contributed by atoms with E-state index in [1.807, 2.05) is 36.4 Å². The van der Waals surface area contributed by atoms with Crippen LogP contribution in [0.3, 0.4) is 0 Å². The minimum atomic E-state index is -1.38. The molecule has 1 heterocycles. The van der Waals surface area contributed by atoms with Crippen LogP contribution in [0.15, 0.2) is 60.9 Å². The highest BCUT2D eigenvalue weighted by atomic mass is 19.1. The standard InChI is InChI=1S/C30H38F2N2O2/c1-2-3-4-5-6-10-21-35-27-16-14-25(15-17-27)30-33-22-26(23-34-30)24-12-18-28(19-13-24)36-29(32)11-8-7-9-20-31/h12-19,22-23,29H,2-11,20-21H2,1H3. The van der Waals surface area contributed by atoms with E-state index in [4.69, 9.17) is 9.47 Å². The number of rotatable bonds is 17. The summed E-state index contributed by atoms with van der Waals surface area (Å²) < 4.78 is 37.2. The molecule has 36 heavy (non-hydrogen) atoms. The first-order valence-corrected chi connectivity index (χ1v) is 13.2. The molecule has 1 aromatic heterocycles. The van der Waals surface area contributed by atoms with Gasteiger partial charge in [0, 0.05) is 29.9 Å². The van der Waals surface area contributed by atoms with E-state index >= 15 is 0 Å². The van der Waals surface area contributed by atoms with Gasteiger partial charge in [-0.15, -0.1) is 0 Å². The topological polar surface area (TPSA) is 44.2 Å². The Hall–Kier alpha value is -3.02. The Balaban J connectivity index is 1.46. The third kappa shape index (κ3) is 9.56. The molecule has 194 valence electrons. The van der Waals surface area contributed by atoms with Crippen LogP contribution in [-0.2, 0) is 0 Å². The van der Waals surface area contributed by atoms with Crippen LogP contribution in [-0.4, -0.2) is 29.6 Å². The van der Waals surface area contributed by atoms with Crippen LogP contribution in [0.2, 0.25) is 0 Å². The quantitative estimate of drug-likeness (QED) is 0.175. The van der Waals surface area contributed by atoms with Gasteiger partial charge in [0.2, 0.25) is 6.36 Å². The summed E-state index contributed by atoms with van der Waals surface area (Å²) in [7, 11) is 0. The molecule has 0 N–H and O–H groups in total. The number of halogens is 2. The van der Waals surface area contributed by atoms with Gasteiger partial charge in [0.15, 0.2) is 5.82 Å². The van der Waals surface area contributed by atoms with Gasteiger partial charge in [-0.25, -0.2) is 14.4 Å². The molecule has 1 atom stereocenters. The van der Waals surface area contributed by atoms with Crippen molar-refractivity contribution in [2.75, 3.05) is 13.3 Å². The van der Waals surface area contributed by atoms with Crippen molar-refractivity contribution in [3.8, 4) is 34.0 Å². The predicted octanol–water partition coefficient (Wildman–Crippen LogP) is 8.75. The molecule has 0 fully saturated rings. The van der Waals surface area contributed by atoms with Crippen LogP contribution < -0.4 is 9.47 Å². The van der Waals surface area contributed by atoms with Crippen molar-refractivity contribution in [3.63, 3.8) is 0 Å². The largest absolute Gasteiger partial charge is 0.494 e. The second-order valence-electron chi connectivity index (χ2n) is 9.03. The van der Waals surface area contributed by atoms with Gasteiger partial charge >= 0.3 is 0 Å². The average molecular weight is 497 g/mol. The number of hydrogen-bond acceptors (Lipinski definition) is 4. The van der Waals surface area contributed by atoms with E-state index in [0.717, 1.165) is 35.5 Å². The normalized spacial score (nSPS) is 11.9. The second kappa shape index (κ2) is 15.9. The maximum absolute atomic E-state index is 14.0. The maximum Gasteiger partial charge on any atom is 0.238 e. The van der Waals surface area contributed by atoms with Crippen LogP contribution in [0.5, 0.6) is 11.5 Å². The van der Waals surface area contributed by atoms with Crippen molar-refractivity contribution < 1.29 is 18.3 Å². The summed E-state index contributed by atoms with van der Waals surface area (Å²) in [5.74, 6) is 1.98. The molecule has 4 nitrogen and oxygen atoms in total. The van der Waals surface area contributed by atoms with Crippen molar-refractivity contribution >= 4 is 0 Å². The van der Waals surface area contributed by atoms with Gasteiger partial charge in [-0.05, 0) is 61.2 Å². The molecule has 1 unspecified atom stereocenters. The Morgan fingerprint density at radius 2 is 1.31 bits per heavy atom. The number of aromatic nitrogens is 2. The summed E-state index contributed by atoms with van der Waals surface area (Å²) in [5.41, 5.74) is 2.72. The molecule has 0 bridgehead atoms. The first-order valence-electron chi connectivity index (χ1n) is 13.2. The number of nitrogens with zero attached hydrogens (tertiary/aromatic N) is 2. The van der Waals surface area contributed by atoms with Crippen molar-refractivity contribution in [1.82, 2.24) is 9.97 Å². The molecule has 3 rings (SSSR count). The lowest BCUT2D eigenvalue weighted by molar-refractivity contribution is 0.0568. The van der Waals surface area contributed by atoms with Gasteiger partial charge in [-0.1, -0.05) is 57.6 Å². The molecule has 0 aliphatic heterocycles. The van der Waals surface area contributed by atoms with E-state index < -0.39 is 6.36 Å². The van der Waals surface area contributed by atoms with E-state index in [1.54, 1.807) is 24.5 Å². The minimum absolute atomic E-state index is 0.267. The van der Waals surface area contributed by atoms with Crippen LogP contribution in [0, 0.1) is 0 Å². The number of ether oxygens (including phenoxy) is 2. The van der Waals surface area contributed by atoms with Gasteiger partial charge in [0.1, 0.15) is 11.5 Å². The molecular weight excluding hydrogens is 458 g/mol. The third-order valence-corrected chi connectivity index (χ3v) is 6.05. The zero-order chi connectivity index (χ0) is 25.4. The Morgan fingerprint density at radius 3 is 2.00 bits per heavy atom. The molecule has 0 spiro atoms. The lowest BCUT2D eigenvalue weighted by Crippen LogP contribution is -2.09. The summed E-state index contributed by atoms with van der Waals surface area (Å²) >= 11 is 0. The molecule has 0 saturated carbocycles. The second-order valence-corrected chi connectivity index (χ2v) is 9.03. The zero-order valence-corrected chi connectivity index (χ0v) is 21.3. The van der Waals surface area contributed by atoms with E-state index in [9.17, 15) is 8.78 Å². The Kier molecular flexibility index (Phi) is 12.2. The van der Waals surface area contributed by atoms with Crippen LogP contribution in [0.4, 0.5) is 8.78 Å². The summed E-state index contributed by atoms with van der Waals surface area (Å²) in [6, 6.07) is 15.1. The fourth-order valence-electron chi connectivity index (χ4n) is 3.91. The highest BCUT2D eigenvalue weighted by Crippen LogP contribution is 2.25. The summed E-state index contributed by atoms with van der Waals surface area (Å²) in [5, 5.41) is 0. The maximum atomic E-state index is 14.0. The molecule has 0 radical (unpaired) electrons. The SMILES string of the molecule is CCCCCCCCOc1ccc(-c2ncc(-c3ccc(OC(F)CCCCCF)cc3)cn2)cc1. The van der Waals surface area contributed by atoms with Crippen LogP contribution in [0.25, 0.3) is 22.5 Å². The van der Waals surface area contributed by atoms with Gasteiger partial charge < -0.3 is 9.47 Å². The lowest BCUT2D eigenvalue weighted by Gasteiger charge is -2.12. The van der Waals surface area contributed by atoms with Gasteiger partial charge in [-0.3, -0.25) is 4.39 Å². The monoisotopic (exact) mass is 496 g/mol. The number of unbranched alkanes of at least 4 members (excludes halogenated alkanes) is 7. The first kappa shape index (κ1) is 27.6. The highest BCUT2D eigenvalue weighted by Gasteiger charge is 2.09. The smallest absolute Gasteiger partial charge is 0.238 e. The van der Waals surface area contributed by atoms with Gasteiger partial charge in [-0.2, -0.15) is 0 Å². The minimum Gasteiger partial charge on any atom is -0.494 e. The molecular formula is C30H38F2N2O2. The van der Waals surface area contributed by atoms with Crippen molar-refractivity contribution in [2.24, 2.45) is 0 Å². The van der Waals surface area contributed by atoms with Crippen LogP contribution in [0.1, 0.15) is 71.1 Å². The van der Waals surface area contributed by atoms with E-state index in [-0.39, 0.29) is 13.1 Å². The van der Waals surface area contributed by atoms with Crippen molar-refractivity contribution in [2.45, 2.75) is 77.5 Å². The Morgan fingerprint density at radius 1 is 0.694 bits per heavy atom. The average Bonchev–Trinajstić information content (AvgIpc) is 2.91. The fraction of sp³-hybridized carbons (Fsp3) is 0.467. The van der Waals surface area contributed by atoms with Crippen molar-refractivity contribution in [1.29, 1.82) is 0 Å². The lowest BCUT2D eigenvalue weighted by atomic mass is 10.1. The van der Waals surface area contributed by atoms with Gasteiger partial charge in [0.25, 0.3) is 0 Å². The Bertz CT molecular complexity index is 979. The predicted molar refractivity (Wildman–Crippen MR) is 142 cm³/mol. The van der Waals surface area contributed by atoms with Gasteiger partial charge in [0.05, 0.1) is 13.3 Å². The van der Waals surface area contributed by atoms with E-state index in [2.05, 4.69) is 16.9 Å². The molecule has 0 saturated heterocycles. The summed E-state index contributed by atoms with van der Waals surface area (Å²) in [6.45, 7) is 2.62. The fourth-order valence-corrected chi connectivity index (χ4v) is 3.91. The first-order chi connectivity index (χ1) is 17.7. The van der Waals surface area contributed by atoms with Crippen molar-refractivity contribution in [3.05, 3.63) is 60.9 Å². The third-order valence-electron chi connectivity index (χ3n) is 6.05. The molecule has 0 amide bonds. The zero-order valence-electron chi connectivity index (χ0n) is 21.3. The molecule has 3 aromatic rings. The van der Waals surface area contributed by atoms with E-state index in [1.165, 1.54) is 32.1 Å². The Labute approximate surface area is 214 Å². The summed E-state index contributed by atoms with van der Waals surface area (Å²) in [6.07, 6.45) is 11.7. The van der Waals surface area contributed by atoms with Crippen LogP contribution >= 0.6 is 0 Å². The molecule has 0 aliphatic rings. The molecule has 0 aliphatic carbocycles. The summed E-state index contributed by atoms with van der Waals surface area (Å²) in [4.78, 5) is 9.03. The molecule has 6 heteroatoms. The number of benzene rings is 2. The number of hydrogen-bond donors (Lipinski definition) is 0. The highest BCUT2D eigenvalue weighted by molar-refractivity contribution is 5.64. The molecule has 2 aromatic carbocycles. The number of alkyl halides is 2.